The fourth-order valence-corrected chi connectivity index (χ4v) is 1.36. The third-order valence-electron chi connectivity index (χ3n) is 2.37. The Kier molecular flexibility index (Phi) is 4.16. The van der Waals surface area contributed by atoms with Gasteiger partial charge in [-0.3, -0.25) is 4.79 Å². The Bertz CT molecular complexity index is 526. The summed E-state index contributed by atoms with van der Waals surface area (Å²) < 4.78 is 1.47. The number of aliphatic hydroxyl groups is 2. The van der Waals surface area contributed by atoms with Crippen molar-refractivity contribution in [2.45, 2.75) is 6.10 Å². The molecule has 3 N–H and O–H groups in total. The van der Waals surface area contributed by atoms with Crippen LogP contribution in [-0.2, 0) is 0 Å². The summed E-state index contributed by atoms with van der Waals surface area (Å²) in [6, 6.07) is 3.22. The second-order valence-electron chi connectivity index (χ2n) is 3.79. The minimum Gasteiger partial charge on any atom is -0.394 e. The summed E-state index contributed by atoms with van der Waals surface area (Å²) in [6.45, 7) is -0.413. The van der Waals surface area contributed by atoms with E-state index in [1.165, 1.54) is 23.5 Å². The van der Waals surface area contributed by atoms with Gasteiger partial charge in [-0.1, -0.05) is 0 Å². The summed E-state index contributed by atoms with van der Waals surface area (Å²) in [6.07, 6.45) is 3.32. The summed E-state index contributed by atoms with van der Waals surface area (Å²) in [7, 11) is 0. The molecule has 1 amide bonds. The maximum atomic E-state index is 11.7. The van der Waals surface area contributed by atoms with Crippen LogP contribution < -0.4 is 5.32 Å². The van der Waals surface area contributed by atoms with Gasteiger partial charge in [0.15, 0.2) is 5.82 Å². The Labute approximate surface area is 108 Å². The van der Waals surface area contributed by atoms with Gasteiger partial charge < -0.3 is 15.5 Å². The van der Waals surface area contributed by atoms with E-state index in [-0.39, 0.29) is 12.5 Å². The number of hydrogen-bond donors (Lipinski definition) is 3. The highest BCUT2D eigenvalue weighted by atomic mass is 16.3. The van der Waals surface area contributed by atoms with Crippen LogP contribution in [0.4, 0.5) is 0 Å². The Morgan fingerprint density at radius 3 is 2.89 bits per heavy atom. The molecule has 2 aromatic heterocycles. The van der Waals surface area contributed by atoms with Crippen LogP contribution in [0.2, 0.25) is 0 Å². The molecule has 8 nitrogen and oxygen atoms in total. The number of aliphatic hydroxyl groups excluding tert-OH is 2. The molecular formula is C11H13N5O3. The van der Waals surface area contributed by atoms with E-state index in [1.807, 2.05) is 0 Å². The lowest BCUT2D eigenvalue weighted by Crippen LogP contribution is -2.33. The Morgan fingerprint density at radius 2 is 2.32 bits per heavy atom. The molecule has 0 aliphatic heterocycles. The van der Waals surface area contributed by atoms with Crippen LogP contribution >= 0.6 is 0 Å². The summed E-state index contributed by atoms with van der Waals surface area (Å²) in [5.74, 6) is 0.176. The van der Waals surface area contributed by atoms with Crippen molar-refractivity contribution in [1.29, 1.82) is 0 Å². The maximum Gasteiger partial charge on any atom is 0.252 e. The summed E-state index contributed by atoms with van der Waals surface area (Å²) in [5.41, 5.74) is 0.356. The molecule has 1 unspecified atom stereocenters. The van der Waals surface area contributed by atoms with Gasteiger partial charge in [-0.25, -0.2) is 14.6 Å². The summed E-state index contributed by atoms with van der Waals surface area (Å²) >= 11 is 0. The van der Waals surface area contributed by atoms with Gasteiger partial charge in [0.25, 0.3) is 5.91 Å². The standard InChI is InChI=1S/C11H13N5O3/c17-5-9(18)4-14-11(19)8-1-2-10(13-3-8)16-7-12-6-15-16/h1-3,6-7,9,17-18H,4-5H2,(H,14,19). The number of carbonyl (C=O) groups excluding carboxylic acids is 1. The molecule has 8 heteroatoms. The van der Waals surface area contributed by atoms with E-state index in [1.54, 1.807) is 12.1 Å². The average Bonchev–Trinajstić information content (AvgIpc) is 2.98. The number of hydrogen-bond acceptors (Lipinski definition) is 6. The van der Waals surface area contributed by atoms with Crippen molar-refractivity contribution in [3.05, 3.63) is 36.5 Å². The largest absolute Gasteiger partial charge is 0.394 e. The molecule has 2 aromatic rings. The molecule has 0 bridgehead atoms. The van der Waals surface area contributed by atoms with E-state index >= 15 is 0 Å². The van der Waals surface area contributed by atoms with Gasteiger partial charge in [-0.2, -0.15) is 5.10 Å². The van der Waals surface area contributed by atoms with Crippen molar-refractivity contribution >= 4 is 5.91 Å². The lowest BCUT2D eigenvalue weighted by molar-refractivity contribution is 0.0801. The number of amides is 1. The fraction of sp³-hybridized carbons (Fsp3) is 0.273. The number of rotatable bonds is 5. The highest BCUT2D eigenvalue weighted by molar-refractivity contribution is 5.93. The third-order valence-corrected chi connectivity index (χ3v) is 2.37. The molecule has 1 atom stereocenters. The number of carbonyl (C=O) groups is 1. The molecule has 0 fully saturated rings. The van der Waals surface area contributed by atoms with Crippen molar-refractivity contribution in [1.82, 2.24) is 25.1 Å². The molecule has 0 saturated heterocycles. The molecular weight excluding hydrogens is 250 g/mol. The van der Waals surface area contributed by atoms with Gasteiger partial charge in [0.2, 0.25) is 0 Å². The van der Waals surface area contributed by atoms with Gasteiger partial charge in [0, 0.05) is 12.7 Å². The van der Waals surface area contributed by atoms with Crippen LogP contribution in [0.1, 0.15) is 10.4 Å². The molecule has 0 aliphatic carbocycles. The maximum absolute atomic E-state index is 11.7. The molecule has 2 heterocycles. The second kappa shape index (κ2) is 6.03. The normalized spacial score (nSPS) is 12.1. The Hall–Kier alpha value is -2.32. The predicted octanol–water partition coefficient (Wildman–Crippen LogP) is -1.25. The molecule has 0 spiro atoms. The minimum absolute atomic E-state index is 0.0137. The molecule has 19 heavy (non-hydrogen) atoms. The quantitative estimate of drug-likeness (QED) is 0.621. The van der Waals surface area contributed by atoms with Gasteiger partial charge in [0.1, 0.15) is 12.7 Å². The monoisotopic (exact) mass is 263 g/mol. The van der Waals surface area contributed by atoms with Crippen LogP contribution in [0.25, 0.3) is 5.82 Å². The smallest absolute Gasteiger partial charge is 0.252 e. The highest BCUT2D eigenvalue weighted by Crippen LogP contribution is 2.03. The van der Waals surface area contributed by atoms with Crippen molar-refractivity contribution in [2.24, 2.45) is 0 Å². The number of pyridine rings is 1. The summed E-state index contributed by atoms with van der Waals surface area (Å²) in [4.78, 5) is 19.6. The topological polar surface area (TPSA) is 113 Å². The molecule has 0 aliphatic rings. The van der Waals surface area contributed by atoms with E-state index in [2.05, 4.69) is 20.4 Å². The van der Waals surface area contributed by atoms with Crippen molar-refractivity contribution in [3.8, 4) is 5.82 Å². The van der Waals surface area contributed by atoms with Crippen molar-refractivity contribution < 1.29 is 15.0 Å². The molecule has 0 radical (unpaired) electrons. The third kappa shape index (κ3) is 3.33. The first-order valence-corrected chi connectivity index (χ1v) is 5.59. The predicted molar refractivity (Wildman–Crippen MR) is 64.6 cm³/mol. The minimum atomic E-state index is -0.966. The van der Waals surface area contributed by atoms with E-state index in [0.717, 1.165) is 0 Å². The highest BCUT2D eigenvalue weighted by Gasteiger charge is 2.09. The first-order chi connectivity index (χ1) is 9.20. The SMILES string of the molecule is O=C(NCC(O)CO)c1ccc(-n2cncn2)nc1. The van der Waals surface area contributed by atoms with Crippen LogP contribution in [0.5, 0.6) is 0 Å². The van der Waals surface area contributed by atoms with Gasteiger partial charge in [0.05, 0.1) is 18.3 Å². The first kappa shape index (κ1) is 13.1. The van der Waals surface area contributed by atoms with Gasteiger partial charge >= 0.3 is 0 Å². The average molecular weight is 263 g/mol. The molecule has 0 saturated carbocycles. The van der Waals surface area contributed by atoms with E-state index < -0.39 is 12.7 Å². The van der Waals surface area contributed by atoms with Crippen molar-refractivity contribution in [2.75, 3.05) is 13.2 Å². The van der Waals surface area contributed by atoms with Crippen LogP contribution in [-0.4, -0.2) is 55.1 Å². The number of aromatic nitrogens is 4. The lowest BCUT2D eigenvalue weighted by atomic mass is 10.2. The number of nitrogens with one attached hydrogen (secondary N) is 1. The van der Waals surface area contributed by atoms with Crippen LogP contribution in [0.3, 0.4) is 0 Å². The van der Waals surface area contributed by atoms with Gasteiger partial charge in [-0.05, 0) is 12.1 Å². The van der Waals surface area contributed by atoms with Crippen LogP contribution in [0, 0.1) is 0 Å². The molecule has 100 valence electrons. The van der Waals surface area contributed by atoms with E-state index in [9.17, 15) is 4.79 Å². The van der Waals surface area contributed by atoms with E-state index in [4.69, 9.17) is 10.2 Å². The second-order valence-corrected chi connectivity index (χ2v) is 3.79. The fourth-order valence-electron chi connectivity index (χ4n) is 1.36. The first-order valence-electron chi connectivity index (χ1n) is 5.59. The zero-order valence-corrected chi connectivity index (χ0v) is 9.97. The van der Waals surface area contributed by atoms with Gasteiger partial charge in [-0.15, -0.1) is 0 Å². The zero-order valence-electron chi connectivity index (χ0n) is 9.97. The van der Waals surface area contributed by atoms with E-state index in [0.29, 0.717) is 11.4 Å². The lowest BCUT2D eigenvalue weighted by Gasteiger charge is -2.09. The zero-order chi connectivity index (χ0) is 13.7. The number of nitrogens with zero attached hydrogens (tertiary/aromatic N) is 4. The van der Waals surface area contributed by atoms with Crippen molar-refractivity contribution in [3.63, 3.8) is 0 Å². The molecule has 0 aromatic carbocycles. The Morgan fingerprint density at radius 1 is 1.47 bits per heavy atom. The molecule has 2 rings (SSSR count). The Balaban J connectivity index is 2.00. The van der Waals surface area contributed by atoms with Crippen LogP contribution in [0.15, 0.2) is 31.0 Å². The summed E-state index contributed by atoms with van der Waals surface area (Å²) in [5, 5.41) is 24.1.